The van der Waals surface area contributed by atoms with Gasteiger partial charge in [-0.05, 0) is 96.3 Å². The Morgan fingerprint density at radius 2 is 0.833 bits per heavy atom. The van der Waals surface area contributed by atoms with Gasteiger partial charge in [0.1, 0.15) is 13.2 Å². The maximum atomic E-state index is 13.0. The number of likely N-dealkylation sites (N-methyl/N-ethyl adjacent to an activating group) is 1. The van der Waals surface area contributed by atoms with Crippen molar-refractivity contribution >= 4 is 13.7 Å². The van der Waals surface area contributed by atoms with Gasteiger partial charge in [-0.2, -0.15) is 0 Å². The maximum absolute atomic E-state index is 13.0. The monoisotopic (exact) mass is 1020 g/mol. The Morgan fingerprint density at radius 3 is 1.22 bits per heavy atom. The number of carbonyl (C=O) groups is 1. The number of aliphatic hydroxyl groups is 1. The zero-order chi connectivity index (χ0) is 52.7. The van der Waals surface area contributed by atoms with E-state index >= 15 is 0 Å². The number of rotatable bonds is 50. The summed E-state index contributed by atoms with van der Waals surface area (Å²) in [6.07, 6.45) is 79.8. The number of phosphoric ester groups is 1. The molecular weight excluding hydrogens is 912 g/mol. The Kier molecular flexibility index (Phi) is 50.1. The molecule has 0 aliphatic carbocycles. The average molecular weight is 1020 g/mol. The van der Waals surface area contributed by atoms with Crippen LogP contribution in [0.25, 0.3) is 0 Å². The lowest BCUT2D eigenvalue weighted by Crippen LogP contribution is -2.45. The van der Waals surface area contributed by atoms with E-state index in [9.17, 15) is 19.4 Å². The molecule has 1 amide bonds. The Balaban J connectivity index is 4.35. The van der Waals surface area contributed by atoms with E-state index in [-0.39, 0.29) is 19.1 Å². The van der Waals surface area contributed by atoms with Crippen molar-refractivity contribution in [2.24, 2.45) is 0 Å². The lowest BCUT2D eigenvalue weighted by atomic mass is 10.0. The summed E-state index contributed by atoms with van der Waals surface area (Å²) in [4.78, 5) is 23.3. The molecule has 0 fully saturated rings. The fourth-order valence-electron chi connectivity index (χ4n) is 7.42. The number of amides is 1. The summed E-state index contributed by atoms with van der Waals surface area (Å²) >= 11 is 0. The van der Waals surface area contributed by atoms with Crippen LogP contribution in [0.5, 0.6) is 0 Å². The molecule has 0 rings (SSSR count). The highest BCUT2D eigenvalue weighted by molar-refractivity contribution is 7.47. The van der Waals surface area contributed by atoms with Gasteiger partial charge in [0.25, 0.3) is 0 Å². The Bertz CT molecular complexity index is 1630. The van der Waals surface area contributed by atoms with Crippen LogP contribution in [0.1, 0.15) is 206 Å². The fraction of sp³-hybridized carbons (Fsp3) is 0.635. The topological polar surface area (TPSA) is 105 Å². The van der Waals surface area contributed by atoms with Crippen molar-refractivity contribution in [2.45, 2.75) is 219 Å². The molecule has 0 aromatic heterocycles. The van der Waals surface area contributed by atoms with E-state index in [1.165, 1.54) is 83.5 Å². The van der Waals surface area contributed by atoms with E-state index < -0.39 is 20.0 Å². The highest BCUT2D eigenvalue weighted by Gasteiger charge is 2.27. The van der Waals surface area contributed by atoms with Crippen molar-refractivity contribution in [1.82, 2.24) is 5.32 Å². The first-order chi connectivity index (χ1) is 35.0. The minimum atomic E-state index is -4.37. The van der Waals surface area contributed by atoms with Crippen LogP contribution in [0, 0.1) is 0 Å². The van der Waals surface area contributed by atoms with Gasteiger partial charge in [0.15, 0.2) is 0 Å². The first kappa shape index (κ1) is 68.6. The number of nitrogens with zero attached hydrogens (tertiary/aromatic N) is 1. The van der Waals surface area contributed by atoms with Crippen molar-refractivity contribution in [3.05, 3.63) is 134 Å². The molecule has 0 aromatic carbocycles. The van der Waals surface area contributed by atoms with Crippen LogP contribution in [0.4, 0.5) is 0 Å². The molecule has 72 heavy (non-hydrogen) atoms. The lowest BCUT2D eigenvalue weighted by Gasteiger charge is -2.25. The SMILES string of the molecule is CC/C=C\C/C=C\C/C=C\C/C=C\C/C=C\C/C=C\C/C=C\C/C=C\C/C=C\C/C=C\CCCCC(=O)NC(COP(=O)(O)OCC[N+](C)(C)C)C(O)/C=C/CCCCCCCCCCCCCCCCC. The van der Waals surface area contributed by atoms with Crippen LogP contribution in [-0.2, 0) is 18.4 Å². The van der Waals surface area contributed by atoms with Crippen molar-refractivity contribution in [3.63, 3.8) is 0 Å². The third-order valence-corrected chi connectivity index (χ3v) is 12.9. The summed E-state index contributed by atoms with van der Waals surface area (Å²) < 4.78 is 23.7. The molecule has 3 atom stereocenters. The molecule has 3 unspecified atom stereocenters. The third kappa shape index (κ3) is 54.4. The van der Waals surface area contributed by atoms with E-state index in [4.69, 9.17) is 9.05 Å². The van der Waals surface area contributed by atoms with Gasteiger partial charge in [0.2, 0.25) is 5.91 Å². The number of nitrogens with one attached hydrogen (secondary N) is 1. The predicted molar refractivity (Wildman–Crippen MR) is 313 cm³/mol. The van der Waals surface area contributed by atoms with Gasteiger partial charge in [-0.15, -0.1) is 0 Å². The quantitative estimate of drug-likeness (QED) is 0.0243. The van der Waals surface area contributed by atoms with E-state index in [0.717, 1.165) is 96.3 Å². The molecule has 0 saturated heterocycles. The molecule has 0 bridgehead atoms. The fourth-order valence-corrected chi connectivity index (χ4v) is 8.16. The Hall–Kier alpha value is -3.36. The Labute approximate surface area is 443 Å². The number of hydrogen-bond donors (Lipinski definition) is 3. The van der Waals surface area contributed by atoms with Crippen LogP contribution in [0.15, 0.2) is 134 Å². The normalized spacial score (nSPS) is 14.9. The molecule has 0 aromatic rings. The summed E-state index contributed by atoms with van der Waals surface area (Å²) in [6.45, 7) is 4.65. The smallest absolute Gasteiger partial charge is 0.387 e. The van der Waals surface area contributed by atoms with Gasteiger partial charge in [-0.25, -0.2) is 4.57 Å². The molecule has 0 aliphatic heterocycles. The lowest BCUT2D eigenvalue weighted by molar-refractivity contribution is -0.870. The van der Waals surface area contributed by atoms with Gasteiger partial charge >= 0.3 is 7.82 Å². The second kappa shape index (κ2) is 52.5. The second-order valence-electron chi connectivity index (χ2n) is 19.9. The van der Waals surface area contributed by atoms with Gasteiger partial charge in [-0.3, -0.25) is 13.8 Å². The number of aliphatic hydroxyl groups excluding tert-OH is 1. The molecule has 3 N–H and O–H groups in total. The molecular formula is C63H108N2O6P+. The zero-order valence-corrected chi connectivity index (χ0v) is 47.5. The number of allylic oxidation sites excluding steroid dienone is 21. The average Bonchev–Trinajstić information content (AvgIpc) is 3.34. The maximum Gasteiger partial charge on any atom is 0.472 e. The van der Waals surface area contributed by atoms with Crippen LogP contribution in [0.2, 0.25) is 0 Å². The third-order valence-electron chi connectivity index (χ3n) is 11.9. The van der Waals surface area contributed by atoms with Crippen LogP contribution >= 0.6 is 7.82 Å². The van der Waals surface area contributed by atoms with Crippen LogP contribution in [-0.4, -0.2) is 73.4 Å². The number of quaternary nitrogens is 1. The molecule has 9 heteroatoms. The van der Waals surface area contributed by atoms with E-state index in [1.807, 2.05) is 27.2 Å². The van der Waals surface area contributed by atoms with E-state index in [1.54, 1.807) is 6.08 Å². The summed E-state index contributed by atoms with van der Waals surface area (Å²) in [6, 6.07) is -0.880. The molecule has 8 nitrogen and oxygen atoms in total. The number of phosphoric acid groups is 1. The van der Waals surface area contributed by atoms with E-state index in [0.29, 0.717) is 23.9 Å². The van der Waals surface area contributed by atoms with Crippen molar-refractivity contribution < 1.29 is 32.9 Å². The van der Waals surface area contributed by atoms with Gasteiger partial charge in [0, 0.05) is 6.42 Å². The largest absolute Gasteiger partial charge is 0.472 e. The van der Waals surface area contributed by atoms with Crippen LogP contribution < -0.4 is 5.32 Å². The molecule has 0 heterocycles. The highest BCUT2D eigenvalue weighted by Crippen LogP contribution is 2.43. The first-order valence-corrected chi connectivity index (χ1v) is 30.1. The molecule has 410 valence electrons. The number of hydrogen-bond acceptors (Lipinski definition) is 5. The van der Waals surface area contributed by atoms with Gasteiger partial charge in [-0.1, -0.05) is 237 Å². The highest BCUT2D eigenvalue weighted by atomic mass is 31.2. The van der Waals surface area contributed by atoms with Gasteiger partial charge < -0.3 is 19.8 Å². The summed E-state index contributed by atoms with van der Waals surface area (Å²) in [5, 5.41) is 13.9. The number of carbonyl (C=O) groups excluding carboxylic acids is 1. The predicted octanol–water partition coefficient (Wildman–Crippen LogP) is 17.5. The van der Waals surface area contributed by atoms with Crippen molar-refractivity contribution in [1.29, 1.82) is 0 Å². The minimum Gasteiger partial charge on any atom is -0.387 e. The molecule has 0 spiro atoms. The Morgan fingerprint density at radius 1 is 0.486 bits per heavy atom. The molecule has 0 radical (unpaired) electrons. The van der Waals surface area contributed by atoms with Gasteiger partial charge in [0.05, 0.1) is 39.9 Å². The summed E-state index contributed by atoms with van der Waals surface area (Å²) in [5.74, 6) is -0.225. The summed E-state index contributed by atoms with van der Waals surface area (Å²) in [7, 11) is 1.52. The standard InChI is InChI=1S/C63H107N2O6P/c1-6-8-10-12-14-16-18-20-22-24-25-26-27-28-29-30-31-32-33-34-35-36-37-38-39-41-43-45-47-49-51-53-55-57-63(67)64-61(60-71-72(68,69)70-59-58-65(3,4)5)62(66)56-54-52-50-48-46-44-42-40-23-21-19-17-15-13-11-9-7-2/h8,10,14,16,20,22,25-26,28-29,31-32,34-35,37-38,41,43,47,49,54,56,61-62,66H,6-7,9,11-13,15,17-19,21,23-24,27,30,33,36,39-40,42,44-46,48,50-53,55,57-60H2,1-5H3,(H-,64,67,68,69)/p+1/b10-8-,16-14-,22-20-,26-25-,29-28-,32-31-,35-34-,38-37-,43-41-,49-47-,56-54+. The van der Waals surface area contributed by atoms with Crippen molar-refractivity contribution in [3.8, 4) is 0 Å². The van der Waals surface area contributed by atoms with Crippen molar-refractivity contribution in [2.75, 3.05) is 40.9 Å². The number of unbranched alkanes of at least 4 members (excludes halogenated alkanes) is 17. The minimum absolute atomic E-state index is 0.0455. The first-order valence-electron chi connectivity index (χ1n) is 28.6. The van der Waals surface area contributed by atoms with E-state index in [2.05, 4.69) is 141 Å². The second-order valence-corrected chi connectivity index (χ2v) is 21.4. The molecule has 0 saturated carbocycles. The summed E-state index contributed by atoms with van der Waals surface area (Å²) in [5.41, 5.74) is 0. The van der Waals surface area contributed by atoms with Crippen LogP contribution in [0.3, 0.4) is 0 Å². The molecule has 0 aliphatic rings. The zero-order valence-electron chi connectivity index (χ0n) is 46.6.